The molecule has 0 unspecified atom stereocenters. The van der Waals surface area contributed by atoms with Gasteiger partial charge in [-0.1, -0.05) is 57.1 Å². The van der Waals surface area contributed by atoms with Gasteiger partial charge in [0, 0.05) is 0 Å². The molecule has 2 atom stereocenters. The van der Waals surface area contributed by atoms with Crippen molar-refractivity contribution in [1.29, 1.82) is 0 Å². The fourth-order valence-electron chi connectivity index (χ4n) is 4.42. The maximum absolute atomic E-state index is 12.4. The minimum atomic E-state index is -0.552. The SMILES string of the molecule is O=C1OC(=O)[C@@]23CC=CC[C@]12CCCCCCCCC3. The summed E-state index contributed by atoms with van der Waals surface area (Å²) < 4.78 is 5.14. The first-order valence-corrected chi connectivity index (χ1v) is 8.13. The lowest BCUT2D eigenvalue weighted by atomic mass is 9.55. The molecule has 0 amide bonds. The van der Waals surface area contributed by atoms with Gasteiger partial charge in [0.15, 0.2) is 0 Å². The summed E-state index contributed by atoms with van der Waals surface area (Å²) in [5, 5.41) is 0. The molecule has 20 heavy (non-hydrogen) atoms. The Bertz CT molecular complexity index is 402. The molecule has 0 aromatic rings. The Hall–Kier alpha value is -1.12. The Labute approximate surface area is 120 Å². The second-order valence-corrected chi connectivity index (χ2v) is 6.70. The van der Waals surface area contributed by atoms with Gasteiger partial charge in [-0.15, -0.1) is 0 Å². The molecule has 0 radical (unpaired) electrons. The minimum absolute atomic E-state index is 0.244. The van der Waals surface area contributed by atoms with Crippen molar-refractivity contribution in [3.8, 4) is 0 Å². The van der Waals surface area contributed by atoms with Crippen molar-refractivity contribution in [3.63, 3.8) is 0 Å². The molecule has 2 fully saturated rings. The minimum Gasteiger partial charge on any atom is -0.392 e. The summed E-state index contributed by atoms with van der Waals surface area (Å²) in [6.45, 7) is 0. The summed E-state index contributed by atoms with van der Waals surface area (Å²) in [6, 6.07) is 0. The van der Waals surface area contributed by atoms with E-state index in [1.54, 1.807) is 0 Å². The quantitative estimate of drug-likeness (QED) is 0.382. The van der Waals surface area contributed by atoms with Crippen LogP contribution in [0.5, 0.6) is 0 Å². The molecule has 1 saturated heterocycles. The average Bonchev–Trinajstić information content (AvgIpc) is 2.65. The van der Waals surface area contributed by atoms with Gasteiger partial charge >= 0.3 is 11.9 Å². The lowest BCUT2D eigenvalue weighted by Crippen LogP contribution is -2.46. The van der Waals surface area contributed by atoms with Crippen LogP contribution in [0.3, 0.4) is 0 Å². The van der Waals surface area contributed by atoms with E-state index in [-0.39, 0.29) is 11.9 Å². The average molecular weight is 276 g/mol. The smallest absolute Gasteiger partial charge is 0.321 e. The summed E-state index contributed by atoms with van der Waals surface area (Å²) >= 11 is 0. The zero-order chi connectivity index (χ0) is 14.1. The van der Waals surface area contributed by atoms with Crippen LogP contribution in [-0.2, 0) is 14.3 Å². The summed E-state index contributed by atoms with van der Waals surface area (Å²) in [5.74, 6) is -0.489. The van der Waals surface area contributed by atoms with Gasteiger partial charge in [-0.25, -0.2) is 0 Å². The summed E-state index contributed by atoms with van der Waals surface area (Å²) in [6.07, 6.45) is 15.4. The Morgan fingerprint density at radius 1 is 0.700 bits per heavy atom. The van der Waals surface area contributed by atoms with Crippen LogP contribution in [0.15, 0.2) is 12.2 Å². The molecule has 3 rings (SSSR count). The van der Waals surface area contributed by atoms with E-state index >= 15 is 0 Å². The Balaban J connectivity index is 1.97. The van der Waals surface area contributed by atoms with E-state index in [0.717, 1.165) is 25.7 Å². The molecule has 3 aliphatic rings. The van der Waals surface area contributed by atoms with Crippen molar-refractivity contribution in [1.82, 2.24) is 0 Å². The van der Waals surface area contributed by atoms with Gasteiger partial charge in [-0.05, 0) is 25.7 Å². The molecule has 0 aromatic heterocycles. The summed E-state index contributed by atoms with van der Waals surface area (Å²) in [4.78, 5) is 24.9. The lowest BCUT2D eigenvalue weighted by Gasteiger charge is -2.41. The van der Waals surface area contributed by atoms with E-state index in [9.17, 15) is 9.59 Å². The second kappa shape index (κ2) is 5.34. The van der Waals surface area contributed by atoms with Crippen LogP contribution in [0.4, 0.5) is 0 Å². The molecular formula is C17H24O3. The predicted molar refractivity (Wildman–Crippen MR) is 75.9 cm³/mol. The third-order valence-electron chi connectivity index (χ3n) is 5.69. The molecule has 0 spiro atoms. The highest BCUT2D eigenvalue weighted by molar-refractivity contribution is 6.02. The second-order valence-electron chi connectivity index (χ2n) is 6.70. The zero-order valence-electron chi connectivity index (χ0n) is 12.2. The number of carbonyl (C=O) groups is 2. The van der Waals surface area contributed by atoms with E-state index in [2.05, 4.69) is 12.2 Å². The predicted octanol–water partition coefficient (Wildman–Crippen LogP) is 3.92. The lowest BCUT2D eigenvalue weighted by molar-refractivity contribution is -0.156. The van der Waals surface area contributed by atoms with E-state index in [1.165, 1.54) is 32.1 Å². The molecule has 1 heterocycles. The Morgan fingerprint density at radius 2 is 1.10 bits per heavy atom. The van der Waals surface area contributed by atoms with Gasteiger partial charge in [0.25, 0.3) is 0 Å². The molecule has 110 valence electrons. The van der Waals surface area contributed by atoms with Crippen LogP contribution < -0.4 is 0 Å². The molecule has 0 N–H and O–H groups in total. The van der Waals surface area contributed by atoms with Crippen molar-refractivity contribution in [2.45, 2.75) is 70.6 Å². The number of allylic oxidation sites excluding steroid dienone is 2. The van der Waals surface area contributed by atoms with Crippen LogP contribution in [0.2, 0.25) is 0 Å². The third kappa shape index (κ3) is 1.94. The normalized spacial score (nSPS) is 38.6. The van der Waals surface area contributed by atoms with Gasteiger partial charge in [-0.2, -0.15) is 0 Å². The Kier molecular flexibility index (Phi) is 3.70. The molecule has 3 nitrogen and oxygen atoms in total. The maximum atomic E-state index is 12.4. The zero-order valence-corrected chi connectivity index (χ0v) is 12.2. The van der Waals surface area contributed by atoms with Crippen molar-refractivity contribution < 1.29 is 14.3 Å². The largest absolute Gasteiger partial charge is 0.392 e. The number of hydrogen-bond donors (Lipinski definition) is 0. The van der Waals surface area contributed by atoms with Crippen LogP contribution in [0, 0.1) is 10.8 Å². The number of hydrogen-bond acceptors (Lipinski definition) is 3. The van der Waals surface area contributed by atoms with Crippen molar-refractivity contribution >= 4 is 11.9 Å². The molecule has 2 aliphatic carbocycles. The maximum Gasteiger partial charge on any atom is 0.321 e. The molecule has 0 bridgehead atoms. The molecule has 0 aromatic carbocycles. The van der Waals surface area contributed by atoms with Crippen molar-refractivity contribution in [3.05, 3.63) is 12.2 Å². The Morgan fingerprint density at radius 3 is 1.55 bits per heavy atom. The first-order chi connectivity index (χ1) is 9.71. The van der Waals surface area contributed by atoms with Crippen molar-refractivity contribution in [2.24, 2.45) is 10.8 Å². The fourth-order valence-corrected chi connectivity index (χ4v) is 4.42. The van der Waals surface area contributed by atoms with Gasteiger partial charge in [0.1, 0.15) is 0 Å². The monoisotopic (exact) mass is 276 g/mol. The van der Waals surface area contributed by atoms with Crippen LogP contribution in [0.25, 0.3) is 0 Å². The van der Waals surface area contributed by atoms with E-state index in [0.29, 0.717) is 12.8 Å². The number of ether oxygens (including phenoxy) is 1. The summed E-state index contributed by atoms with van der Waals surface area (Å²) in [5.41, 5.74) is -1.10. The van der Waals surface area contributed by atoms with Gasteiger partial charge in [0.2, 0.25) is 0 Å². The topological polar surface area (TPSA) is 43.4 Å². The van der Waals surface area contributed by atoms with Crippen LogP contribution >= 0.6 is 0 Å². The summed E-state index contributed by atoms with van der Waals surface area (Å²) in [7, 11) is 0. The first kappa shape index (κ1) is 13.8. The van der Waals surface area contributed by atoms with Crippen LogP contribution in [-0.4, -0.2) is 11.9 Å². The third-order valence-corrected chi connectivity index (χ3v) is 5.69. The van der Waals surface area contributed by atoms with E-state index in [1.807, 2.05) is 0 Å². The number of cyclic esters (lactones) is 2. The van der Waals surface area contributed by atoms with Crippen molar-refractivity contribution in [2.75, 3.05) is 0 Å². The van der Waals surface area contributed by atoms with Gasteiger partial charge in [0.05, 0.1) is 10.8 Å². The number of carbonyl (C=O) groups excluding carboxylic acids is 2. The highest BCUT2D eigenvalue weighted by Crippen LogP contribution is 2.59. The number of esters is 2. The standard InChI is InChI=1S/C17H24O3/c18-14-16-10-6-4-2-1-3-5-7-11-17(16,15(19)20-14)13-9-8-12-16/h8-9H,1-7,10-13H2/t16-,17-/m1/s1. The highest BCUT2D eigenvalue weighted by Gasteiger charge is 2.66. The van der Waals surface area contributed by atoms with E-state index in [4.69, 9.17) is 4.74 Å². The molecule has 1 aliphatic heterocycles. The van der Waals surface area contributed by atoms with Gasteiger partial charge < -0.3 is 4.74 Å². The van der Waals surface area contributed by atoms with Gasteiger partial charge in [-0.3, -0.25) is 9.59 Å². The molecular weight excluding hydrogens is 252 g/mol. The number of rotatable bonds is 0. The van der Waals surface area contributed by atoms with E-state index < -0.39 is 10.8 Å². The highest BCUT2D eigenvalue weighted by atomic mass is 16.6. The van der Waals surface area contributed by atoms with Crippen LogP contribution in [0.1, 0.15) is 70.6 Å². The molecule has 3 heteroatoms. The first-order valence-electron chi connectivity index (χ1n) is 8.13. The molecule has 1 saturated carbocycles. The fraction of sp³-hybridized carbons (Fsp3) is 0.765.